The summed E-state index contributed by atoms with van der Waals surface area (Å²) in [4.78, 5) is 12.8. The third-order valence-corrected chi connectivity index (χ3v) is 1.91. The van der Waals surface area contributed by atoms with E-state index in [1.165, 1.54) is 0 Å². The van der Waals surface area contributed by atoms with Gasteiger partial charge in [0.25, 0.3) is 0 Å². The molecule has 0 unspecified atom stereocenters. The van der Waals surface area contributed by atoms with Crippen LogP contribution in [0.2, 0.25) is 0 Å². The second kappa shape index (κ2) is 8.13. The Kier molecular flexibility index (Phi) is 7.64. The van der Waals surface area contributed by atoms with Crippen molar-refractivity contribution in [1.82, 2.24) is 15.5 Å². The van der Waals surface area contributed by atoms with E-state index >= 15 is 0 Å². The van der Waals surface area contributed by atoms with Gasteiger partial charge in [0, 0.05) is 26.7 Å². The Morgan fingerprint density at radius 3 is 2.47 bits per heavy atom. The molecule has 0 aliphatic rings. The van der Waals surface area contributed by atoms with Crippen LogP contribution in [0, 0.1) is 0 Å². The lowest BCUT2D eigenvalue weighted by Gasteiger charge is -2.16. The summed E-state index contributed by atoms with van der Waals surface area (Å²) in [6.45, 7) is 0.768. The number of carbonyl (C=O) groups excluding carboxylic acids is 1. The number of carbonyl (C=O) groups is 1. The van der Waals surface area contributed by atoms with Crippen LogP contribution in [0.5, 0.6) is 0 Å². The molecule has 0 aromatic carbocycles. The van der Waals surface area contributed by atoms with E-state index in [0.717, 1.165) is 0 Å². The summed E-state index contributed by atoms with van der Waals surface area (Å²) in [7, 11) is 3.41. The summed E-state index contributed by atoms with van der Waals surface area (Å²) in [5, 5.41) is 4.05. The Balaban J connectivity index is 3.51. The van der Waals surface area contributed by atoms with E-state index in [0.29, 0.717) is 19.7 Å². The van der Waals surface area contributed by atoms with Crippen molar-refractivity contribution < 1.29 is 22.7 Å². The summed E-state index contributed by atoms with van der Waals surface area (Å²) < 4.78 is 40.1. The molecule has 2 N–H and O–H groups in total. The molecule has 0 atom stereocenters. The largest absolute Gasteiger partial charge is 0.405 e. The van der Waals surface area contributed by atoms with E-state index < -0.39 is 18.8 Å². The first kappa shape index (κ1) is 16.0. The fraction of sp³-hybridized carbons (Fsp3) is 0.889. The number of nitrogens with zero attached hydrogens (tertiary/aromatic N) is 1. The van der Waals surface area contributed by atoms with Gasteiger partial charge in [-0.1, -0.05) is 0 Å². The molecule has 2 amide bonds. The number of urea groups is 1. The van der Waals surface area contributed by atoms with Crippen LogP contribution in [0.1, 0.15) is 0 Å². The van der Waals surface area contributed by atoms with Crippen LogP contribution in [0.15, 0.2) is 0 Å². The number of hydrogen-bond donors (Lipinski definition) is 2. The molecule has 0 saturated carbocycles. The van der Waals surface area contributed by atoms with E-state index in [1.54, 1.807) is 12.4 Å². The standard InChI is InChI=1S/C9H18F3N3O2/c1-15(5-6-17-2)4-3-13-8(16)14-7-9(10,11)12/h3-7H2,1-2H3,(H2,13,14,16). The minimum absolute atomic E-state index is 0.282. The van der Waals surface area contributed by atoms with E-state index in [9.17, 15) is 18.0 Å². The van der Waals surface area contributed by atoms with Crippen LogP contribution < -0.4 is 10.6 Å². The predicted octanol–water partition coefficient (Wildman–Crippen LogP) is 0.426. The average molecular weight is 257 g/mol. The zero-order chi connectivity index (χ0) is 13.3. The van der Waals surface area contributed by atoms with E-state index in [1.807, 2.05) is 11.9 Å². The van der Waals surface area contributed by atoms with Crippen molar-refractivity contribution in [3.8, 4) is 0 Å². The number of likely N-dealkylation sites (N-methyl/N-ethyl adjacent to an activating group) is 1. The van der Waals surface area contributed by atoms with Crippen molar-refractivity contribution in [2.24, 2.45) is 0 Å². The smallest absolute Gasteiger partial charge is 0.383 e. The van der Waals surface area contributed by atoms with Gasteiger partial charge in [0.1, 0.15) is 6.54 Å². The van der Waals surface area contributed by atoms with Crippen molar-refractivity contribution in [2.45, 2.75) is 6.18 Å². The van der Waals surface area contributed by atoms with Gasteiger partial charge in [-0.3, -0.25) is 0 Å². The van der Waals surface area contributed by atoms with Crippen molar-refractivity contribution in [3.63, 3.8) is 0 Å². The maximum atomic E-state index is 11.7. The minimum Gasteiger partial charge on any atom is -0.383 e. The highest BCUT2D eigenvalue weighted by Crippen LogP contribution is 2.11. The molecule has 0 fully saturated rings. The number of halogens is 3. The Hall–Kier alpha value is -1.02. The number of alkyl halides is 3. The van der Waals surface area contributed by atoms with Crippen molar-refractivity contribution >= 4 is 6.03 Å². The van der Waals surface area contributed by atoms with Gasteiger partial charge < -0.3 is 20.3 Å². The molecule has 8 heteroatoms. The van der Waals surface area contributed by atoms with E-state index in [-0.39, 0.29) is 6.54 Å². The Labute approximate surface area is 98.3 Å². The molecular formula is C9H18F3N3O2. The average Bonchev–Trinajstić information content (AvgIpc) is 2.22. The summed E-state index contributed by atoms with van der Waals surface area (Å²) in [6.07, 6.45) is -4.38. The fourth-order valence-electron chi connectivity index (χ4n) is 0.962. The van der Waals surface area contributed by atoms with Gasteiger partial charge in [-0.05, 0) is 7.05 Å². The van der Waals surface area contributed by atoms with Crippen LogP contribution in [0.4, 0.5) is 18.0 Å². The SMILES string of the molecule is COCCN(C)CCNC(=O)NCC(F)(F)F. The molecule has 0 spiro atoms. The number of methoxy groups -OCH3 is 1. The number of rotatable bonds is 7. The minimum atomic E-state index is -4.38. The maximum Gasteiger partial charge on any atom is 0.405 e. The Morgan fingerprint density at radius 2 is 1.94 bits per heavy atom. The first-order valence-electron chi connectivity index (χ1n) is 5.11. The van der Waals surface area contributed by atoms with Gasteiger partial charge >= 0.3 is 12.2 Å². The number of ether oxygens (including phenoxy) is 1. The third-order valence-electron chi connectivity index (χ3n) is 1.91. The van der Waals surface area contributed by atoms with E-state index in [2.05, 4.69) is 5.32 Å². The van der Waals surface area contributed by atoms with Crippen molar-refractivity contribution in [1.29, 1.82) is 0 Å². The molecule has 0 aromatic heterocycles. The molecule has 0 aromatic rings. The normalized spacial score (nSPS) is 11.6. The lowest BCUT2D eigenvalue weighted by atomic mass is 10.5. The molecule has 17 heavy (non-hydrogen) atoms. The third kappa shape index (κ3) is 11.2. The van der Waals surface area contributed by atoms with Gasteiger partial charge in [-0.25, -0.2) is 4.79 Å². The van der Waals surface area contributed by atoms with Crippen LogP contribution in [0.25, 0.3) is 0 Å². The van der Waals surface area contributed by atoms with Gasteiger partial charge in [0.15, 0.2) is 0 Å². The van der Waals surface area contributed by atoms with Crippen molar-refractivity contribution in [3.05, 3.63) is 0 Å². The topological polar surface area (TPSA) is 53.6 Å². The van der Waals surface area contributed by atoms with Crippen molar-refractivity contribution in [2.75, 3.05) is 46.9 Å². The highest BCUT2D eigenvalue weighted by atomic mass is 19.4. The lowest BCUT2D eigenvalue weighted by molar-refractivity contribution is -0.122. The predicted molar refractivity (Wildman–Crippen MR) is 56.8 cm³/mol. The quantitative estimate of drug-likeness (QED) is 0.695. The van der Waals surface area contributed by atoms with Crippen LogP contribution >= 0.6 is 0 Å². The van der Waals surface area contributed by atoms with Gasteiger partial charge in [-0.2, -0.15) is 13.2 Å². The van der Waals surface area contributed by atoms with Gasteiger partial charge in [0.05, 0.1) is 6.61 Å². The second-order valence-electron chi connectivity index (χ2n) is 3.52. The molecule has 0 aliphatic heterocycles. The van der Waals surface area contributed by atoms with Crippen LogP contribution in [-0.4, -0.2) is 64.1 Å². The molecule has 0 rings (SSSR count). The summed E-state index contributed by atoms with van der Waals surface area (Å²) in [5.41, 5.74) is 0. The first-order valence-corrected chi connectivity index (χ1v) is 5.11. The molecule has 5 nitrogen and oxygen atoms in total. The van der Waals surface area contributed by atoms with Crippen LogP contribution in [0.3, 0.4) is 0 Å². The lowest BCUT2D eigenvalue weighted by Crippen LogP contribution is -2.43. The zero-order valence-electron chi connectivity index (χ0n) is 9.93. The summed E-state index contributed by atoms with van der Waals surface area (Å²) in [5.74, 6) is 0. The second-order valence-corrected chi connectivity index (χ2v) is 3.52. The molecule has 102 valence electrons. The molecule has 0 radical (unpaired) electrons. The van der Waals surface area contributed by atoms with Gasteiger partial charge in [0.2, 0.25) is 0 Å². The molecule has 0 saturated heterocycles. The highest BCUT2D eigenvalue weighted by Gasteiger charge is 2.27. The first-order chi connectivity index (χ1) is 7.85. The Bertz CT molecular complexity index is 224. The monoisotopic (exact) mass is 257 g/mol. The number of nitrogens with one attached hydrogen (secondary N) is 2. The maximum absolute atomic E-state index is 11.7. The number of hydrogen-bond acceptors (Lipinski definition) is 3. The molecule has 0 bridgehead atoms. The van der Waals surface area contributed by atoms with Crippen LogP contribution in [-0.2, 0) is 4.74 Å². The molecule has 0 heterocycles. The molecular weight excluding hydrogens is 239 g/mol. The van der Waals surface area contributed by atoms with E-state index in [4.69, 9.17) is 4.74 Å². The fourth-order valence-corrected chi connectivity index (χ4v) is 0.962. The number of amides is 2. The highest BCUT2D eigenvalue weighted by molar-refractivity contribution is 5.73. The zero-order valence-corrected chi connectivity index (χ0v) is 9.93. The summed E-state index contributed by atoms with van der Waals surface area (Å²) in [6, 6.07) is -0.817. The molecule has 0 aliphatic carbocycles. The van der Waals surface area contributed by atoms with Gasteiger partial charge in [-0.15, -0.1) is 0 Å². The summed E-state index contributed by atoms with van der Waals surface area (Å²) >= 11 is 0. The Morgan fingerprint density at radius 1 is 1.29 bits per heavy atom.